The van der Waals surface area contributed by atoms with Crippen LogP contribution in [0.25, 0.3) is 0 Å². The number of urea groups is 1. The van der Waals surface area contributed by atoms with Gasteiger partial charge in [-0.1, -0.05) is 51.0 Å². The van der Waals surface area contributed by atoms with Crippen LogP contribution in [0.3, 0.4) is 0 Å². The van der Waals surface area contributed by atoms with Crippen LogP contribution in [0, 0.1) is 6.92 Å². The molecule has 0 spiro atoms. The van der Waals surface area contributed by atoms with Gasteiger partial charge in [0.05, 0.1) is 6.04 Å². The van der Waals surface area contributed by atoms with Crippen molar-refractivity contribution in [1.29, 1.82) is 0 Å². The lowest BCUT2D eigenvalue weighted by Crippen LogP contribution is -2.34. The van der Waals surface area contributed by atoms with Crippen LogP contribution in [0.1, 0.15) is 39.3 Å². The molecule has 1 aliphatic rings. The van der Waals surface area contributed by atoms with Crippen LogP contribution >= 0.6 is 27.3 Å². The minimum Gasteiger partial charge on any atom is -0.320 e. The molecule has 2 heterocycles. The SMILES string of the molecule is Cc1ccc(NC(=O)c2nnc([C@@H]3CCCN3C(=O)Nc3cccc(Br)c3)s2)cc1. The molecule has 9 heteroatoms. The number of nitrogens with one attached hydrogen (secondary N) is 2. The second-order valence-corrected chi connectivity index (χ2v) is 8.98. The van der Waals surface area contributed by atoms with Crippen molar-refractivity contribution in [2.75, 3.05) is 17.2 Å². The van der Waals surface area contributed by atoms with Crippen molar-refractivity contribution < 1.29 is 9.59 Å². The minimum atomic E-state index is -0.300. The van der Waals surface area contributed by atoms with Gasteiger partial charge in [0, 0.05) is 22.4 Å². The molecule has 154 valence electrons. The molecular formula is C21H20BrN5O2S. The number of likely N-dealkylation sites (tertiary alicyclic amines) is 1. The van der Waals surface area contributed by atoms with Gasteiger partial charge in [-0.25, -0.2) is 4.79 Å². The highest BCUT2D eigenvalue weighted by Crippen LogP contribution is 2.34. The van der Waals surface area contributed by atoms with Crippen molar-refractivity contribution in [1.82, 2.24) is 15.1 Å². The van der Waals surface area contributed by atoms with E-state index >= 15 is 0 Å². The van der Waals surface area contributed by atoms with E-state index in [2.05, 4.69) is 36.8 Å². The maximum Gasteiger partial charge on any atom is 0.322 e. The lowest BCUT2D eigenvalue weighted by Gasteiger charge is -2.23. The largest absolute Gasteiger partial charge is 0.322 e. The number of halogens is 1. The molecule has 7 nitrogen and oxygen atoms in total. The number of nitrogens with zero attached hydrogens (tertiary/aromatic N) is 3. The maximum atomic E-state index is 12.8. The molecule has 30 heavy (non-hydrogen) atoms. The average Bonchev–Trinajstić information content (AvgIpc) is 3.39. The normalized spacial score (nSPS) is 15.8. The summed E-state index contributed by atoms with van der Waals surface area (Å²) in [5, 5.41) is 15.0. The quantitative estimate of drug-likeness (QED) is 0.529. The van der Waals surface area contributed by atoms with Crippen LogP contribution < -0.4 is 10.6 Å². The minimum absolute atomic E-state index is 0.184. The van der Waals surface area contributed by atoms with E-state index in [4.69, 9.17) is 0 Å². The van der Waals surface area contributed by atoms with Crippen LogP contribution in [0.5, 0.6) is 0 Å². The number of aryl methyl sites for hydroxylation is 1. The molecule has 1 saturated heterocycles. The standard InChI is InChI=1S/C21H20BrN5O2S/c1-13-7-9-15(10-8-13)23-18(28)20-26-25-19(30-20)17-6-3-11-27(17)21(29)24-16-5-2-4-14(22)12-16/h2,4-5,7-10,12,17H,3,6,11H2,1H3,(H,23,28)(H,24,29)/t17-/m0/s1. The van der Waals surface area contributed by atoms with Gasteiger partial charge in [-0.05, 0) is 50.1 Å². The Bertz CT molecular complexity index is 1070. The smallest absolute Gasteiger partial charge is 0.320 e. The highest BCUT2D eigenvalue weighted by Gasteiger charge is 2.33. The van der Waals surface area contributed by atoms with Gasteiger partial charge >= 0.3 is 6.03 Å². The number of rotatable bonds is 4. The van der Waals surface area contributed by atoms with Gasteiger partial charge in [-0.2, -0.15) is 0 Å². The average molecular weight is 486 g/mol. The molecule has 0 radical (unpaired) electrons. The van der Waals surface area contributed by atoms with Crippen LogP contribution in [0.2, 0.25) is 0 Å². The zero-order valence-corrected chi connectivity index (χ0v) is 18.7. The van der Waals surface area contributed by atoms with Gasteiger partial charge in [-0.3, -0.25) is 4.79 Å². The fourth-order valence-electron chi connectivity index (χ4n) is 3.31. The highest BCUT2D eigenvalue weighted by molar-refractivity contribution is 9.10. The molecule has 3 amide bonds. The first-order valence-electron chi connectivity index (χ1n) is 9.54. The zero-order valence-electron chi connectivity index (χ0n) is 16.3. The van der Waals surface area contributed by atoms with Crippen molar-refractivity contribution in [3.63, 3.8) is 0 Å². The Labute approximate surface area is 186 Å². The van der Waals surface area contributed by atoms with Crippen LogP contribution in [0.4, 0.5) is 16.2 Å². The lowest BCUT2D eigenvalue weighted by molar-refractivity contribution is 0.102. The fraction of sp³-hybridized carbons (Fsp3) is 0.238. The predicted octanol–water partition coefficient (Wildman–Crippen LogP) is 5.23. The molecule has 2 N–H and O–H groups in total. The Morgan fingerprint density at radius 3 is 2.67 bits per heavy atom. The molecular weight excluding hydrogens is 466 g/mol. The molecule has 1 aliphatic heterocycles. The summed E-state index contributed by atoms with van der Waals surface area (Å²) < 4.78 is 0.895. The Kier molecular flexibility index (Phi) is 6.10. The van der Waals surface area contributed by atoms with Crippen molar-refractivity contribution in [2.24, 2.45) is 0 Å². The third-order valence-corrected chi connectivity index (χ3v) is 6.34. The van der Waals surface area contributed by atoms with Gasteiger partial charge < -0.3 is 15.5 Å². The van der Waals surface area contributed by atoms with Gasteiger partial charge in [0.1, 0.15) is 5.01 Å². The summed E-state index contributed by atoms with van der Waals surface area (Å²) in [4.78, 5) is 27.1. The number of benzene rings is 2. The van der Waals surface area contributed by atoms with E-state index in [-0.39, 0.29) is 23.0 Å². The van der Waals surface area contributed by atoms with E-state index < -0.39 is 0 Å². The molecule has 0 aliphatic carbocycles. The molecule has 1 aromatic heterocycles. The summed E-state index contributed by atoms with van der Waals surface area (Å²) in [6, 6.07) is 14.6. The number of anilines is 2. The first-order valence-corrected chi connectivity index (χ1v) is 11.1. The van der Waals surface area contributed by atoms with Crippen LogP contribution in [-0.4, -0.2) is 33.6 Å². The Morgan fingerprint density at radius 2 is 1.90 bits per heavy atom. The number of amides is 3. The third kappa shape index (κ3) is 4.68. The lowest BCUT2D eigenvalue weighted by atomic mass is 10.2. The van der Waals surface area contributed by atoms with Crippen molar-refractivity contribution >= 4 is 50.6 Å². The van der Waals surface area contributed by atoms with E-state index in [1.165, 1.54) is 11.3 Å². The number of carbonyl (C=O) groups is 2. The van der Waals surface area contributed by atoms with Crippen molar-refractivity contribution in [3.8, 4) is 0 Å². The summed E-state index contributed by atoms with van der Waals surface area (Å²) in [6.45, 7) is 2.62. The number of hydrogen-bond donors (Lipinski definition) is 2. The fourth-order valence-corrected chi connectivity index (χ4v) is 4.60. The van der Waals surface area contributed by atoms with Gasteiger partial charge in [0.2, 0.25) is 5.01 Å². The topological polar surface area (TPSA) is 87.2 Å². The second kappa shape index (κ2) is 8.93. The van der Waals surface area contributed by atoms with Gasteiger partial charge in [0.25, 0.3) is 5.91 Å². The molecule has 0 unspecified atom stereocenters. The molecule has 0 bridgehead atoms. The molecule has 4 rings (SSSR count). The third-order valence-electron chi connectivity index (χ3n) is 4.82. The predicted molar refractivity (Wildman–Crippen MR) is 121 cm³/mol. The number of aromatic nitrogens is 2. The summed E-state index contributed by atoms with van der Waals surface area (Å²) in [5.74, 6) is -0.300. The van der Waals surface area contributed by atoms with E-state index in [0.29, 0.717) is 17.2 Å². The monoisotopic (exact) mass is 485 g/mol. The summed E-state index contributed by atoms with van der Waals surface area (Å²) in [7, 11) is 0. The van der Waals surface area contributed by atoms with E-state index in [0.717, 1.165) is 28.6 Å². The number of carbonyl (C=O) groups excluding carboxylic acids is 2. The van der Waals surface area contributed by atoms with Gasteiger partial charge in [0.15, 0.2) is 0 Å². The summed E-state index contributed by atoms with van der Waals surface area (Å²) >= 11 is 4.64. The van der Waals surface area contributed by atoms with Crippen molar-refractivity contribution in [2.45, 2.75) is 25.8 Å². The zero-order chi connectivity index (χ0) is 21.1. The molecule has 1 atom stereocenters. The van der Waals surface area contributed by atoms with Gasteiger partial charge in [-0.15, -0.1) is 10.2 Å². The Hall–Kier alpha value is -2.78. The Balaban J connectivity index is 1.44. The van der Waals surface area contributed by atoms with Crippen LogP contribution in [-0.2, 0) is 0 Å². The molecule has 3 aromatic rings. The van der Waals surface area contributed by atoms with E-state index in [9.17, 15) is 9.59 Å². The maximum absolute atomic E-state index is 12.8. The summed E-state index contributed by atoms with van der Waals surface area (Å²) in [5.41, 5.74) is 2.54. The summed E-state index contributed by atoms with van der Waals surface area (Å²) in [6.07, 6.45) is 1.67. The molecule has 0 saturated carbocycles. The van der Waals surface area contributed by atoms with Crippen LogP contribution in [0.15, 0.2) is 53.0 Å². The second-order valence-electron chi connectivity index (χ2n) is 7.06. The highest BCUT2D eigenvalue weighted by atomic mass is 79.9. The Morgan fingerprint density at radius 1 is 1.10 bits per heavy atom. The first-order chi connectivity index (χ1) is 14.5. The molecule has 1 fully saturated rings. The number of hydrogen-bond acceptors (Lipinski definition) is 5. The van der Waals surface area contributed by atoms with Crippen molar-refractivity contribution in [3.05, 3.63) is 68.6 Å². The van der Waals surface area contributed by atoms with E-state index in [1.807, 2.05) is 55.5 Å². The van der Waals surface area contributed by atoms with E-state index in [1.54, 1.807) is 4.90 Å². The first kappa shape index (κ1) is 20.5. The molecule has 2 aromatic carbocycles.